The monoisotopic (exact) mass is 340 g/mol. The molecule has 0 spiro atoms. The van der Waals surface area contributed by atoms with Crippen LogP contribution >= 0.6 is 0 Å². The lowest BCUT2D eigenvalue weighted by molar-refractivity contribution is -0.117. The summed E-state index contributed by atoms with van der Waals surface area (Å²) in [5.41, 5.74) is 1.68. The Bertz CT molecular complexity index is 652. The summed E-state index contributed by atoms with van der Waals surface area (Å²) in [6.07, 6.45) is 7.77. The molecule has 1 aromatic rings. The molecule has 134 valence electrons. The fourth-order valence-corrected chi connectivity index (χ4v) is 5.17. The first-order valence-corrected chi connectivity index (χ1v) is 9.86. The minimum Gasteiger partial charge on any atom is -0.335 e. The number of likely N-dealkylation sites (tertiary alicyclic amines) is 1. The lowest BCUT2D eigenvalue weighted by Crippen LogP contribution is -2.53. The largest absolute Gasteiger partial charge is 0.335 e. The minimum absolute atomic E-state index is 0.169. The van der Waals surface area contributed by atoms with Gasteiger partial charge in [-0.1, -0.05) is 13.3 Å². The van der Waals surface area contributed by atoms with Gasteiger partial charge in [-0.2, -0.15) is 0 Å². The highest BCUT2D eigenvalue weighted by molar-refractivity contribution is 5.97. The average Bonchev–Trinajstić information content (AvgIpc) is 3.07. The van der Waals surface area contributed by atoms with Gasteiger partial charge in [0.15, 0.2) is 0 Å². The number of benzene rings is 1. The fourth-order valence-electron chi connectivity index (χ4n) is 5.17. The topological polar surface area (TPSA) is 40.6 Å². The van der Waals surface area contributed by atoms with Crippen LogP contribution in [0.5, 0.6) is 0 Å². The first-order valence-electron chi connectivity index (χ1n) is 9.86. The molecule has 4 nitrogen and oxygen atoms in total. The van der Waals surface area contributed by atoms with Crippen LogP contribution in [-0.2, 0) is 4.79 Å². The van der Waals surface area contributed by atoms with E-state index in [1.807, 2.05) is 29.2 Å². The molecule has 0 bridgehead atoms. The lowest BCUT2D eigenvalue weighted by atomic mass is 9.73. The van der Waals surface area contributed by atoms with Crippen molar-refractivity contribution in [1.82, 2.24) is 4.90 Å². The Balaban J connectivity index is 1.52. The molecule has 1 aromatic carbocycles. The quantitative estimate of drug-likeness (QED) is 0.820. The molecule has 25 heavy (non-hydrogen) atoms. The summed E-state index contributed by atoms with van der Waals surface area (Å²) in [6.45, 7) is 3.99. The summed E-state index contributed by atoms with van der Waals surface area (Å²) in [6, 6.07) is 8.08. The number of nitrogens with zero attached hydrogens (tertiary/aromatic N) is 2. The van der Waals surface area contributed by atoms with E-state index in [1.54, 1.807) is 0 Å². The molecule has 1 saturated carbocycles. The molecule has 1 aliphatic carbocycles. The maximum Gasteiger partial charge on any atom is 0.254 e. The zero-order valence-electron chi connectivity index (χ0n) is 15.1. The zero-order chi connectivity index (χ0) is 17.4. The van der Waals surface area contributed by atoms with Gasteiger partial charge in [-0.05, 0) is 68.2 Å². The third-order valence-electron chi connectivity index (χ3n) is 6.39. The number of amides is 2. The van der Waals surface area contributed by atoms with Crippen molar-refractivity contribution < 1.29 is 9.59 Å². The van der Waals surface area contributed by atoms with E-state index < -0.39 is 0 Å². The van der Waals surface area contributed by atoms with Crippen LogP contribution < -0.4 is 4.90 Å². The van der Waals surface area contributed by atoms with Crippen LogP contribution in [0.15, 0.2) is 24.3 Å². The summed E-state index contributed by atoms with van der Waals surface area (Å²) in [7, 11) is 0. The number of anilines is 1. The van der Waals surface area contributed by atoms with Crippen molar-refractivity contribution in [2.45, 2.75) is 57.9 Å². The lowest BCUT2D eigenvalue weighted by Gasteiger charge is -2.47. The van der Waals surface area contributed by atoms with E-state index in [4.69, 9.17) is 0 Å². The summed E-state index contributed by atoms with van der Waals surface area (Å²) in [5.74, 6) is 1.64. The predicted molar refractivity (Wildman–Crippen MR) is 98.6 cm³/mol. The van der Waals surface area contributed by atoms with Crippen LogP contribution in [0.2, 0.25) is 0 Å². The van der Waals surface area contributed by atoms with Gasteiger partial charge in [0.2, 0.25) is 5.91 Å². The van der Waals surface area contributed by atoms with Crippen molar-refractivity contribution in [1.29, 1.82) is 0 Å². The molecule has 2 amide bonds. The molecule has 3 atom stereocenters. The van der Waals surface area contributed by atoms with E-state index in [0.717, 1.165) is 37.2 Å². The number of fused-ring (bicyclic) bond motifs is 1. The molecule has 2 saturated heterocycles. The Morgan fingerprint density at radius 3 is 2.48 bits per heavy atom. The SMILES string of the molecule is C[C@@H]1CCC[C@H]2CCCN(C(=O)c3ccc(N4CCCC4=O)cc3)[C@H]21. The van der Waals surface area contributed by atoms with Gasteiger partial charge in [-0.15, -0.1) is 0 Å². The van der Waals surface area contributed by atoms with E-state index >= 15 is 0 Å². The summed E-state index contributed by atoms with van der Waals surface area (Å²) >= 11 is 0. The van der Waals surface area contributed by atoms with Crippen molar-refractivity contribution in [2.24, 2.45) is 11.8 Å². The van der Waals surface area contributed by atoms with Crippen molar-refractivity contribution in [3.05, 3.63) is 29.8 Å². The van der Waals surface area contributed by atoms with Gasteiger partial charge in [0.05, 0.1) is 0 Å². The maximum atomic E-state index is 13.1. The molecule has 0 aromatic heterocycles. The van der Waals surface area contributed by atoms with Gasteiger partial charge < -0.3 is 9.80 Å². The predicted octanol–water partition coefficient (Wildman–Crippen LogP) is 3.85. The second-order valence-corrected chi connectivity index (χ2v) is 8.00. The number of carbonyl (C=O) groups excluding carboxylic acids is 2. The highest BCUT2D eigenvalue weighted by Crippen LogP contribution is 2.39. The normalized spacial score (nSPS) is 29.6. The number of piperidine rings is 1. The smallest absolute Gasteiger partial charge is 0.254 e. The number of rotatable bonds is 2. The van der Waals surface area contributed by atoms with Gasteiger partial charge in [-0.3, -0.25) is 9.59 Å². The standard InChI is InChI=1S/C21H28N2O2/c1-15-5-2-6-16-7-3-14-23(20(15)16)21(25)17-9-11-18(12-10-17)22-13-4-8-19(22)24/h9-12,15-16,20H,2-8,13-14H2,1H3/t15-,16+,20+/m1/s1. The molecule has 0 unspecified atom stereocenters. The van der Waals surface area contributed by atoms with E-state index in [1.165, 1.54) is 25.7 Å². The molecular formula is C21H28N2O2. The molecule has 4 rings (SSSR count). The number of hydrogen-bond donors (Lipinski definition) is 0. The fraction of sp³-hybridized carbons (Fsp3) is 0.619. The number of carbonyl (C=O) groups is 2. The van der Waals surface area contributed by atoms with Crippen molar-refractivity contribution in [3.63, 3.8) is 0 Å². The molecule has 4 heteroatoms. The third-order valence-corrected chi connectivity index (χ3v) is 6.39. The van der Waals surface area contributed by atoms with Crippen LogP contribution in [0, 0.1) is 11.8 Å². The molecule has 3 fully saturated rings. The van der Waals surface area contributed by atoms with Gasteiger partial charge in [0.25, 0.3) is 5.91 Å². The number of hydrogen-bond acceptors (Lipinski definition) is 2. The summed E-state index contributed by atoms with van der Waals surface area (Å²) in [5, 5.41) is 0. The Morgan fingerprint density at radius 2 is 1.76 bits per heavy atom. The van der Waals surface area contributed by atoms with Gasteiger partial charge >= 0.3 is 0 Å². The Labute approximate surface area is 150 Å². The van der Waals surface area contributed by atoms with Crippen LogP contribution in [0.25, 0.3) is 0 Å². The Kier molecular flexibility index (Phi) is 4.53. The highest BCUT2D eigenvalue weighted by Gasteiger charge is 2.39. The van der Waals surface area contributed by atoms with Crippen LogP contribution in [0.1, 0.15) is 62.2 Å². The average molecular weight is 340 g/mol. The Morgan fingerprint density at radius 1 is 1.00 bits per heavy atom. The van der Waals surface area contributed by atoms with E-state index in [0.29, 0.717) is 24.3 Å². The van der Waals surface area contributed by atoms with E-state index in [2.05, 4.69) is 11.8 Å². The molecule has 0 N–H and O–H groups in total. The molecule has 2 aliphatic heterocycles. The molecule has 2 heterocycles. The molecular weight excluding hydrogens is 312 g/mol. The van der Waals surface area contributed by atoms with Crippen LogP contribution in [0.3, 0.4) is 0 Å². The third kappa shape index (κ3) is 3.07. The van der Waals surface area contributed by atoms with Gasteiger partial charge in [0.1, 0.15) is 0 Å². The maximum absolute atomic E-state index is 13.1. The summed E-state index contributed by atoms with van der Waals surface area (Å²) in [4.78, 5) is 29.0. The van der Waals surface area contributed by atoms with Gasteiger partial charge in [-0.25, -0.2) is 0 Å². The minimum atomic E-state index is 0.169. The van der Waals surface area contributed by atoms with Crippen LogP contribution in [-0.4, -0.2) is 35.8 Å². The van der Waals surface area contributed by atoms with Crippen molar-refractivity contribution >= 4 is 17.5 Å². The second-order valence-electron chi connectivity index (χ2n) is 8.00. The van der Waals surface area contributed by atoms with Crippen molar-refractivity contribution in [3.8, 4) is 0 Å². The highest BCUT2D eigenvalue weighted by atomic mass is 16.2. The second kappa shape index (κ2) is 6.81. The van der Waals surface area contributed by atoms with Crippen LogP contribution in [0.4, 0.5) is 5.69 Å². The van der Waals surface area contributed by atoms with E-state index in [9.17, 15) is 9.59 Å². The first-order chi connectivity index (χ1) is 12.1. The first kappa shape index (κ1) is 16.6. The molecule has 3 aliphatic rings. The Hall–Kier alpha value is -1.84. The summed E-state index contributed by atoms with van der Waals surface area (Å²) < 4.78 is 0. The van der Waals surface area contributed by atoms with Gasteiger partial charge in [0, 0.05) is 36.8 Å². The molecule has 0 radical (unpaired) electrons. The zero-order valence-corrected chi connectivity index (χ0v) is 15.1. The van der Waals surface area contributed by atoms with Crippen molar-refractivity contribution in [2.75, 3.05) is 18.0 Å². The van der Waals surface area contributed by atoms with E-state index in [-0.39, 0.29) is 11.8 Å².